The summed E-state index contributed by atoms with van der Waals surface area (Å²) in [6.45, 7) is 0. The van der Waals surface area contributed by atoms with Crippen LogP contribution >= 0.6 is 0 Å². The number of allylic oxidation sites excluding steroid dienone is 4. The van der Waals surface area contributed by atoms with Crippen molar-refractivity contribution >= 4 is 60.4 Å². The molecule has 0 spiro atoms. The molecule has 0 N–H and O–H groups in total. The first-order chi connectivity index (χ1) is 32.3. The van der Waals surface area contributed by atoms with E-state index in [4.69, 9.17) is 0 Å². The highest BCUT2D eigenvalue weighted by Crippen LogP contribution is 2.57. The van der Waals surface area contributed by atoms with E-state index in [2.05, 4.69) is 252 Å². The maximum atomic E-state index is 2.47. The Bertz CT molecular complexity index is 3710. The van der Waals surface area contributed by atoms with Gasteiger partial charge in [-0.3, -0.25) is 0 Å². The third-order valence-electron chi connectivity index (χ3n) is 14.1. The van der Waals surface area contributed by atoms with Crippen LogP contribution < -0.4 is 4.90 Å². The zero-order valence-corrected chi connectivity index (χ0v) is 35.9. The molecule has 0 radical (unpaired) electrons. The van der Waals surface area contributed by atoms with E-state index in [0.717, 1.165) is 35.6 Å². The fraction of sp³-hybridized carbons (Fsp3) is 0.0476. The minimum Gasteiger partial charge on any atom is -0.310 e. The van der Waals surface area contributed by atoms with Crippen molar-refractivity contribution in [2.45, 2.75) is 18.3 Å². The van der Waals surface area contributed by atoms with Gasteiger partial charge in [0.25, 0.3) is 0 Å². The summed E-state index contributed by atoms with van der Waals surface area (Å²) in [4.78, 5) is 2.46. The van der Waals surface area contributed by atoms with Gasteiger partial charge in [-0.05, 0) is 134 Å². The summed E-state index contributed by atoms with van der Waals surface area (Å²) in [7, 11) is 0. The smallest absolute Gasteiger partial charge is 0.0710 e. The third kappa shape index (κ3) is 5.74. The largest absolute Gasteiger partial charge is 0.310 e. The lowest BCUT2D eigenvalue weighted by molar-refractivity contribution is 0.751. The van der Waals surface area contributed by atoms with Crippen LogP contribution in [0.15, 0.2) is 248 Å². The highest BCUT2D eigenvalue weighted by atomic mass is 15.1. The molecule has 306 valence electrons. The highest BCUT2D eigenvalue weighted by Gasteiger charge is 2.46. The van der Waals surface area contributed by atoms with Crippen LogP contribution in [0, 0.1) is 0 Å². The van der Waals surface area contributed by atoms with Gasteiger partial charge < -0.3 is 9.47 Å². The van der Waals surface area contributed by atoms with E-state index in [-0.39, 0.29) is 5.41 Å². The van der Waals surface area contributed by atoms with Crippen LogP contribution in [0.3, 0.4) is 0 Å². The maximum absolute atomic E-state index is 2.47. The Hall–Kier alpha value is -8.20. The molecule has 0 saturated heterocycles. The first kappa shape index (κ1) is 37.4. The average Bonchev–Trinajstić information content (AvgIpc) is 3.88. The normalized spacial score (nSPS) is 15.4. The van der Waals surface area contributed by atoms with Crippen LogP contribution in [-0.2, 0) is 5.41 Å². The van der Waals surface area contributed by atoms with Gasteiger partial charge in [0, 0.05) is 33.2 Å². The zero-order chi connectivity index (χ0) is 42.9. The summed E-state index contributed by atoms with van der Waals surface area (Å²) in [6, 6.07) is 83.1. The van der Waals surface area contributed by atoms with Gasteiger partial charge in [-0.2, -0.15) is 0 Å². The fourth-order valence-corrected chi connectivity index (χ4v) is 11.2. The summed E-state index contributed by atoms with van der Waals surface area (Å²) in [5.74, 6) is 0. The molecule has 0 bridgehead atoms. The van der Waals surface area contributed by atoms with Crippen molar-refractivity contribution in [2.24, 2.45) is 0 Å². The molecule has 1 atom stereocenters. The molecule has 2 aliphatic rings. The summed E-state index contributed by atoms with van der Waals surface area (Å²) >= 11 is 0. The molecule has 13 rings (SSSR count). The quantitative estimate of drug-likeness (QED) is 0.145. The van der Waals surface area contributed by atoms with Crippen molar-refractivity contribution in [1.29, 1.82) is 0 Å². The molecule has 2 heteroatoms. The van der Waals surface area contributed by atoms with Crippen molar-refractivity contribution < 1.29 is 0 Å². The van der Waals surface area contributed by atoms with Gasteiger partial charge in [0.05, 0.1) is 22.1 Å². The Morgan fingerprint density at radius 1 is 0.415 bits per heavy atom. The number of hydrogen-bond donors (Lipinski definition) is 0. The first-order valence-electron chi connectivity index (χ1n) is 22.8. The maximum Gasteiger partial charge on any atom is 0.0710 e. The number of anilines is 3. The second-order valence-electron chi connectivity index (χ2n) is 17.5. The third-order valence-corrected chi connectivity index (χ3v) is 14.1. The monoisotopic (exact) mass is 828 g/mol. The van der Waals surface area contributed by atoms with Gasteiger partial charge in [-0.15, -0.1) is 0 Å². The molecule has 2 aliphatic carbocycles. The molecule has 1 unspecified atom stereocenters. The van der Waals surface area contributed by atoms with E-state index in [0.29, 0.717) is 0 Å². The van der Waals surface area contributed by atoms with Gasteiger partial charge in [0.15, 0.2) is 0 Å². The van der Waals surface area contributed by atoms with Crippen LogP contribution in [0.1, 0.15) is 29.5 Å². The van der Waals surface area contributed by atoms with E-state index in [1.165, 1.54) is 87.9 Å². The van der Waals surface area contributed by atoms with Gasteiger partial charge in [0.1, 0.15) is 0 Å². The predicted molar refractivity (Wildman–Crippen MR) is 274 cm³/mol. The van der Waals surface area contributed by atoms with Crippen LogP contribution in [0.4, 0.5) is 17.1 Å². The zero-order valence-electron chi connectivity index (χ0n) is 35.9. The molecule has 2 nitrogen and oxygen atoms in total. The molecule has 0 amide bonds. The molecular formula is C63H44N2. The first-order valence-corrected chi connectivity index (χ1v) is 22.8. The molecule has 0 fully saturated rings. The van der Waals surface area contributed by atoms with Crippen LogP contribution in [0.5, 0.6) is 0 Å². The lowest BCUT2D eigenvalue weighted by atomic mass is 9.66. The second kappa shape index (κ2) is 15.0. The molecular weight excluding hydrogens is 785 g/mol. The Kier molecular flexibility index (Phi) is 8.60. The van der Waals surface area contributed by atoms with Crippen molar-refractivity contribution in [2.75, 3.05) is 4.90 Å². The minimum atomic E-state index is -0.371. The van der Waals surface area contributed by atoms with E-state index >= 15 is 0 Å². The van der Waals surface area contributed by atoms with Crippen molar-refractivity contribution in [3.8, 4) is 27.9 Å². The number of para-hydroxylation sites is 2. The highest BCUT2D eigenvalue weighted by molar-refractivity contribution is 6.16. The summed E-state index contributed by atoms with van der Waals surface area (Å²) in [5, 5.41) is 7.39. The Morgan fingerprint density at radius 2 is 1.06 bits per heavy atom. The lowest BCUT2D eigenvalue weighted by Crippen LogP contribution is -2.29. The summed E-state index contributed by atoms with van der Waals surface area (Å²) in [5.41, 5.74) is 16.9. The average molecular weight is 829 g/mol. The summed E-state index contributed by atoms with van der Waals surface area (Å²) in [6.07, 6.45) is 9.33. The van der Waals surface area contributed by atoms with Crippen LogP contribution in [-0.4, -0.2) is 4.57 Å². The van der Waals surface area contributed by atoms with Crippen LogP contribution in [0.25, 0.3) is 71.3 Å². The number of benzene rings is 10. The van der Waals surface area contributed by atoms with Crippen molar-refractivity contribution in [3.05, 3.63) is 265 Å². The molecule has 0 aliphatic heterocycles. The van der Waals surface area contributed by atoms with E-state index in [9.17, 15) is 0 Å². The molecule has 1 aromatic heterocycles. The molecule has 0 saturated carbocycles. The minimum absolute atomic E-state index is 0.371. The summed E-state index contributed by atoms with van der Waals surface area (Å²) < 4.78 is 2.39. The van der Waals surface area contributed by atoms with Crippen LogP contribution in [0.2, 0.25) is 0 Å². The van der Waals surface area contributed by atoms with E-state index in [1.807, 2.05) is 0 Å². The number of aromatic nitrogens is 1. The number of fused-ring (bicyclic) bond motifs is 9. The Morgan fingerprint density at radius 3 is 1.88 bits per heavy atom. The molecule has 65 heavy (non-hydrogen) atoms. The van der Waals surface area contributed by atoms with Gasteiger partial charge in [0.2, 0.25) is 0 Å². The van der Waals surface area contributed by atoms with E-state index < -0.39 is 0 Å². The fourth-order valence-electron chi connectivity index (χ4n) is 11.2. The number of nitrogens with zero attached hydrogens (tertiary/aromatic N) is 2. The number of rotatable bonds is 7. The second-order valence-corrected chi connectivity index (χ2v) is 17.5. The van der Waals surface area contributed by atoms with E-state index in [1.54, 1.807) is 0 Å². The standard InChI is InChI=1S/C63H44N2/c1-4-19-46(20-5-1)63(47-21-6-2-7-22-47)58-30-16-14-27-53(58)56-40-44(34-38-59(56)63)43-32-35-49(36-33-43)64(62-41-45-18-10-11-25-51(45)52-26-12-13-28-54(52)62)50-37-39-61-57(42-50)55-29-15-17-31-60(55)65(61)48-23-8-3-9-24-48/h1,3-6,8-42H,2,7H2. The predicted octanol–water partition coefficient (Wildman–Crippen LogP) is 16.8. The Balaban J connectivity index is 0.984. The molecule has 10 aromatic carbocycles. The number of hydrogen-bond acceptors (Lipinski definition) is 1. The SMILES string of the molecule is C1=CC(C2(c3ccccc3)c3ccccc3-c3cc(-c4ccc(N(c5ccc6c(c5)c5ccccc5n6-c5ccccc5)c5cc6ccccc6c6ccccc56)cc4)ccc32)=CCC1. The Labute approximate surface area is 379 Å². The van der Waals surface area contributed by atoms with Gasteiger partial charge in [-0.25, -0.2) is 0 Å². The lowest BCUT2D eigenvalue weighted by Gasteiger charge is -2.35. The molecule has 1 heterocycles. The van der Waals surface area contributed by atoms with Gasteiger partial charge >= 0.3 is 0 Å². The topological polar surface area (TPSA) is 8.17 Å². The van der Waals surface area contributed by atoms with Crippen molar-refractivity contribution in [3.63, 3.8) is 0 Å². The van der Waals surface area contributed by atoms with Gasteiger partial charge in [-0.1, -0.05) is 182 Å². The van der Waals surface area contributed by atoms with Crippen molar-refractivity contribution in [1.82, 2.24) is 4.57 Å². The molecule has 11 aromatic rings.